The molecular weight excluding hydrogens is 109 g/mol. The highest BCUT2D eigenvalue weighted by atomic mass is 19.1. The van der Waals surface area contributed by atoms with E-state index < -0.39 is 5.83 Å². The number of rotatable bonds is 4. The van der Waals surface area contributed by atoms with Crippen molar-refractivity contribution in [1.82, 2.24) is 5.32 Å². The van der Waals surface area contributed by atoms with Gasteiger partial charge in [0.05, 0.1) is 5.83 Å². The van der Waals surface area contributed by atoms with E-state index in [-0.39, 0.29) is 6.42 Å². The monoisotopic (exact) mass is 117 g/mol. The van der Waals surface area contributed by atoms with Crippen LogP contribution >= 0.6 is 0 Å². The number of hydrogen-bond donors (Lipinski definition) is 1. The topological polar surface area (TPSA) is 29.1 Å². The van der Waals surface area contributed by atoms with Crippen molar-refractivity contribution in [3.05, 3.63) is 12.4 Å². The normalized spacial score (nSPS) is 8.12. The van der Waals surface area contributed by atoms with Crippen molar-refractivity contribution in [3.63, 3.8) is 0 Å². The molecule has 0 heterocycles. The lowest BCUT2D eigenvalue weighted by molar-refractivity contribution is -0.109. The van der Waals surface area contributed by atoms with Gasteiger partial charge in [-0.15, -0.1) is 0 Å². The zero-order chi connectivity index (χ0) is 6.41. The van der Waals surface area contributed by atoms with Crippen LogP contribution in [0.4, 0.5) is 4.39 Å². The second-order valence-electron chi connectivity index (χ2n) is 1.34. The maximum atomic E-state index is 11.7. The van der Waals surface area contributed by atoms with Gasteiger partial charge in [0.25, 0.3) is 0 Å². The summed E-state index contributed by atoms with van der Waals surface area (Å²) in [5, 5.41) is 2.30. The Hall–Kier alpha value is -0.860. The van der Waals surface area contributed by atoms with E-state index >= 15 is 0 Å². The highest BCUT2D eigenvalue weighted by Crippen LogP contribution is 1.94. The fourth-order valence-corrected chi connectivity index (χ4v) is 0.267. The average Bonchev–Trinajstić information content (AvgIpc) is 1.66. The van der Waals surface area contributed by atoms with Gasteiger partial charge in [0.1, 0.15) is 0 Å². The fourth-order valence-electron chi connectivity index (χ4n) is 0.267. The molecule has 0 aromatic heterocycles. The third-order valence-corrected chi connectivity index (χ3v) is 0.624. The highest BCUT2D eigenvalue weighted by Gasteiger charge is 1.86. The molecule has 2 nitrogen and oxygen atoms in total. The van der Waals surface area contributed by atoms with Gasteiger partial charge in [-0.05, 0) is 0 Å². The van der Waals surface area contributed by atoms with Crippen molar-refractivity contribution in [2.75, 3.05) is 6.54 Å². The van der Waals surface area contributed by atoms with Crippen molar-refractivity contribution in [2.24, 2.45) is 0 Å². The first-order valence-electron chi connectivity index (χ1n) is 2.27. The molecule has 0 rings (SSSR count). The van der Waals surface area contributed by atoms with Gasteiger partial charge in [0.15, 0.2) is 0 Å². The highest BCUT2D eigenvalue weighted by molar-refractivity contribution is 5.45. The Morgan fingerprint density at radius 1 is 1.88 bits per heavy atom. The molecule has 0 saturated carbocycles. The molecule has 3 heteroatoms. The molecule has 8 heavy (non-hydrogen) atoms. The Kier molecular flexibility index (Phi) is 3.84. The number of carbonyl (C=O) groups is 1. The van der Waals surface area contributed by atoms with Gasteiger partial charge in [0, 0.05) is 13.0 Å². The van der Waals surface area contributed by atoms with Crippen LogP contribution in [0.15, 0.2) is 12.4 Å². The summed E-state index contributed by atoms with van der Waals surface area (Å²) in [5.74, 6) is -0.403. The van der Waals surface area contributed by atoms with E-state index in [4.69, 9.17) is 0 Å². The van der Waals surface area contributed by atoms with E-state index in [2.05, 4.69) is 11.9 Å². The van der Waals surface area contributed by atoms with E-state index in [1.165, 1.54) is 0 Å². The van der Waals surface area contributed by atoms with Crippen molar-refractivity contribution in [1.29, 1.82) is 0 Å². The predicted octanol–water partition coefficient (Wildman–Crippen LogP) is 0.606. The molecule has 0 unspecified atom stereocenters. The molecule has 0 fully saturated rings. The van der Waals surface area contributed by atoms with E-state index in [1.54, 1.807) is 0 Å². The number of halogens is 1. The summed E-state index contributed by atoms with van der Waals surface area (Å²) in [6.07, 6.45) is 0.738. The van der Waals surface area contributed by atoms with Gasteiger partial charge < -0.3 is 5.32 Å². The quantitative estimate of drug-likeness (QED) is 0.424. The fraction of sp³-hybridized carbons (Fsp3) is 0.400. The van der Waals surface area contributed by atoms with Gasteiger partial charge in [-0.1, -0.05) is 6.58 Å². The van der Waals surface area contributed by atoms with Crippen molar-refractivity contribution >= 4 is 6.41 Å². The van der Waals surface area contributed by atoms with Gasteiger partial charge >= 0.3 is 0 Å². The standard InChI is InChI=1S/C5H8FNO/c1-5(6)2-3-7-4-8/h4H,1-3H2,(H,7,8). The SMILES string of the molecule is C=C(F)CCNC=O. The minimum atomic E-state index is -0.403. The van der Waals surface area contributed by atoms with Crippen LogP contribution in [0.2, 0.25) is 0 Å². The average molecular weight is 117 g/mol. The lowest BCUT2D eigenvalue weighted by atomic mass is 10.4. The third kappa shape index (κ3) is 5.14. The molecule has 0 aliphatic heterocycles. The second-order valence-corrected chi connectivity index (χ2v) is 1.34. The first-order chi connectivity index (χ1) is 3.77. The molecule has 0 radical (unpaired) electrons. The van der Waals surface area contributed by atoms with Crippen LogP contribution in [0.5, 0.6) is 0 Å². The second kappa shape index (κ2) is 4.30. The Balaban J connectivity index is 2.93. The van der Waals surface area contributed by atoms with Crippen LogP contribution in [-0.4, -0.2) is 13.0 Å². The van der Waals surface area contributed by atoms with Crippen molar-refractivity contribution in [3.8, 4) is 0 Å². The Bertz CT molecular complexity index is 92.4. The van der Waals surface area contributed by atoms with E-state index in [9.17, 15) is 9.18 Å². The minimum Gasteiger partial charge on any atom is -0.358 e. The zero-order valence-corrected chi connectivity index (χ0v) is 4.48. The third-order valence-electron chi connectivity index (χ3n) is 0.624. The predicted molar refractivity (Wildman–Crippen MR) is 28.9 cm³/mol. The molecule has 1 amide bonds. The maximum Gasteiger partial charge on any atom is 0.207 e. The van der Waals surface area contributed by atoms with Gasteiger partial charge in [-0.25, -0.2) is 4.39 Å². The molecule has 0 aliphatic carbocycles. The first kappa shape index (κ1) is 7.14. The maximum absolute atomic E-state index is 11.7. The van der Waals surface area contributed by atoms with Crippen LogP contribution in [0.1, 0.15) is 6.42 Å². The Morgan fingerprint density at radius 3 is 2.88 bits per heavy atom. The molecule has 0 spiro atoms. The Morgan fingerprint density at radius 2 is 2.50 bits per heavy atom. The lowest BCUT2D eigenvalue weighted by Gasteiger charge is -1.91. The summed E-state index contributed by atoms with van der Waals surface area (Å²) in [6, 6.07) is 0. The summed E-state index contributed by atoms with van der Waals surface area (Å²) in [4.78, 5) is 9.52. The molecule has 0 saturated heterocycles. The zero-order valence-electron chi connectivity index (χ0n) is 4.48. The van der Waals surface area contributed by atoms with Crippen LogP contribution in [0, 0.1) is 0 Å². The van der Waals surface area contributed by atoms with E-state index in [1.807, 2.05) is 0 Å². The Labute approximate surface area is 47.4 Å². The molecular formula is C5H8FNO. The number of hydrogen-bond acceptors (Lipinski definition) is 1. The number of carbonyl (C=O) groups excluding carboxylic acids is 1. The lowest BCUT2D eigenvalue weighted by Crippen LogP contribution is -2.11. The van der Waals surface area contributed by atoms with Crippen LogP contribution in [-0.2, 0) is 4.79 Å². The summed E-state index contributed by atoms with van der Waals surface area (Å²) in [5.41, 5.74) is 0. The van der Waals surface area contributed by atoms with Gasteiger partial charge in [0.2, 0.25) is 6.41 Å². The van der Waals surface area contributed by atoms with Crippen LogP contribution in [0.3, 0.4) is 0 Å². The molecule has 0 atom stereocenters. The molecule has 0 aromatic rings. The van der Waals surface area contributed by atoms with Crippen molar-refractivity contribution in [2.45, 2.75) is 6.42 Å². The molecule has 0 aliphatic rings. The number of nitrogens with one attached hydrogen (secondary N) is 1. The summed E-state index contributed by atoms with van der Waals surface area (Å²) >= 11 is 0. The minimum absolute atomic E-state index is 0.207. The molecule has 0 aromatic carbocycles. The van der Waals surface area contributed by atoms with Gasteiger partial charge in [-0.3, -0.25) is 4.79 Å². The van der Waals surface area contributed by atoms with E-state index in [0.29, 0.717) is 13.0 Å². The van der Waals surface area contributed by atoms with Gasteiger partial charge in [-0.2, -0.15) is 0 Å². The first-order valence-corrected chi connectivity index (χ1v) is 2.27. The molecule has 1 N–H and O–H groups in total. The summed E-state index contributed by atoms with van der Waals surface area (Å²) < 4.78 is 11.7. The van der Waals surface area contributed by atoms with Crippen LogP contribution < -0.4 is 5.32 Å². The summed E-state index contributed by atoms with van der Waals surface area (Å²) in [7, 11) is 0. The van der Waals surface area contributed by atoms with Crippen molar-refractivity contribution < 1.29 is 9.18 Å². The summed E-state index contributed by atoms with van der Waals surface area (Å²) in [6.45, 7) is 3.34. The van der Waals surface area contributed by atoms with E-state index in [0.717, 1.165) is 0 Å². The largest absolute Gasteiger partial charge is 0.358 e. The molecule has 46 valence electrons. The smallest absolute Gasteiger partial charge is 0.207 e. The van der Waals surface area contributed by atoms with Crippen LogP contribution in [0.25, 0.3) is 0 Å². The number of amides is 1. The molecule has 0 bridgehead atoms.